The monoisotopic (exact) mass is 284 g/mol. The first kappa shape index (κ1) is 15.8. The van der Waals surface area contributed by atoms with Gasteiger partial charge in [-0.05, 0) is 24.1 Å². The van der Waals surface area contributed by atoms with Crippen molar-refractivity contribution in [3.63, 3.8) is 0 Å². The molecule has 0 fully saturated rings. The summed E-state index contributed by atoms with van der Waals surface area (Å²) in [6.07, 6.45) is -4.30. The van der Waals surface area contributed by atoms with Crippen molar-refractivity contribution in [2.45, 2.75) is 18.6 Å². The van der Waals surface area contributed by atoms with Gasteiger partial charge in [0.25, 0.3) is 0 Å². The highest BCUT2D eigenvalue weighted by atomic mass is 19.4. The highest BCUT2D eigenvalue weighted by Crippen LogP contribution is 2.20. The van der Waals surface area contributed by atoms with E-state index in [1.807, 2.05) is 0 Å². The third-order valence-electron chi connectivity index (χ3n) is 2.36. The van der Waals surface area contributed by atoms with Gasteiger partial charge in [-0.1, -0.05) is 6.07 Å². The van der Waals surface area contributed by atoms with E-state index in [4.69, 9.17) is 5.84 Å². The van der Waals surface area contributed by atoms with Gasteiger partial charge in [0.1, 0.15) is 6.61 Å². The number of rotatable bonds is 6. The maximum atomic E-state index is 13.0. The lowest BCUT2D eigenvalue weighted by Crippen LogP contribution is -2.29. The smallest absolute Gasteiger partial charge is 0.372 e. The van der Waals surface area contributed by atoms with E-state index in [2.05, 4.69) is 10.2 Å². The molecule has 19 heavy (non-hydrogen) atoms. The first-order valence-corrected chi connectivity index (χ1v) is 5.39. The Bertz CT molecular complexity index is 411. The van der Waals surface area contributed by atoms with Crippen molar-refractivity contribution >= 4 is 0 Å². The van der Waals surface area contributed by atoms with Crippen LogP contribution in [0.5, 0.6) is 0 Å². The van der Waals surface area contributed by atoms with Gasteiger partial charge in [0.15, 0.2) is 11.6 Å². The zero-order chi connectivity index (χ0) is 14.5. The van der Waals surface area contributed by atoms with E-state index in [1.165, 1.54) is 6.07 Å². The Hall–Kier alpha value is -1.25. The summed E-state index contributed by atoms with van der Waals surface area (Å²) < 4.78 is 65.6. The fourth-order valence-corrected chi connectivity index (χ4v) is 1.46. The third kappa shape index (κ3) is 5.50. The van der Waals surface area contributed by atoms with Crippen molar-refractivity contribution < 1.29 is 26.7 Å². The number of benzene rings is 1. The van der Waals surface area contributed by atoms with Gasteiger partial charge in [-0.2, -0.15) is 13.2 Å². The predicted octanol–water partition coefficient (Wildman–Crippen LogP) is 2.44. The largest absolute Gasteiger partial charge is 0.411 e. The summed E-state index contributed by atoms with van der Waals surface area (Å²) in [5, 5.41) is 0. The molecular formula is C11H13F5N2O. The van der Waals surface area contributed by atoms with E-state index in [0.717, 1.165) is 12.1 Å². The van der Waals surface area contributed by atoms with Crippen molar-refractivity contribution in [3.05, 3.63) is 35.4 Å². The molecule has 0 saturated heterocycles. The van der Waals surface area contributed by atoms with Crippen molar-refractivity contribution in [3.8, 4) is 0 Å². The van der Waals surface area contributed by atoms with Crippen LogP contribution in [0.15, 0.2) is 18.2 Å². The molecule has 0 aliphatic carbocycles. The highest BCUT2D eigenvalue weighted by Gasteiger charge is 2.27. The second-order valence-electron chi connectivity index (χ2n) is 3.85. The average Bonchev–Trinajstić information content (AvgIpc) is 2.32. The zero-order valence-corrected chi connectivity index (χ0v) is 9.81. The molecular weight excluding hydrogens is 271 g/mol. The van der Waals surface area contributed by atoms with Gasteiger partial charge in [0.05, 0.1) is 0 Å². The quantitative estimate of drug-likeness (QED) is 0.365. The molecule has 0 saturated carbocycles. The van der Waals surface area contributed by atoms with Gasteiger partial charge in [-0.25, -0.2) is 8.78 Å². The summed E-state index contributed by atoms with van der Waals surface area (Å²) in [6, 6.07) is 2.53. The van der Waals surface area contributed by atoms with Crippen molar-refractivity contribution in [2.24, 2.45) is 5.84 Å². The minimum Gasteiger partial charge on any atom is -0.372 e. The highest BCUT2D eigenvalue weighted by molar-refractivity contribution is 5.21. The van der Waals surface area contributed by atoms with Crippen LogP contribution in [-0.2, 0) is 4.74 Å². The number of nitrogens with one attached hydrogen (secondary N) is 1. The fourth-order valence-electron chi connectivity index (χ4n) is 1.46. The number of halogens is 5. The van der Waals surface area contributed by atoms with Gasteiger partial charge in [-0.15, -0.1) is 0 Å². The molecule has 0 aliphatic rings. The number of ether oxygens (including phenoxy) is 1. The molecule has 0 aromatic heterocycles. The Labute approximate surface area is 106 Å². The molecule has 108 valence electrons. The maximum Gasteiger partial charge on any atom is 0.411 e. The number of hydrogen-bond acceptors (Lipinski definition) is 3. The molecule has 1 aromatic carbocycles. The molecule has 1 rings (SSSR count). The minimum atomic E-state index is -4.40. The maximum absolute atomic E-state index is 13.0. The average molecular weight is 284 g/mol. The van der Waals surface area contributed by atoms with Crippen molar-refractivity contribution in [2.75, 3.05) is 13.2 Å². The molecule has 0 spiro atoms. The molecule has 1 unspecified atom stereocenters. The van der Waals surface area contributed by atoms with Crippen LogP contribution < -0.4 is 11.3 Å². The van der Waals surface area contributed by atoms with Crippen LogP contribution in [0, 0.1) is 11.6 Å². The van der Waals surface area contributed by atoms with Gasteiger partial charge in [0, 0.05) is 12.6 Å². The van der Waals surface area contributed by atoms with Crippen molar-refractivity contribution in [1.82, 2.24) is 5.43 Å². The van der Waals surface area contributed by atoms with Crippen LogP contribution in [0.1, 0.15) is 18.0 Å². The van der Waals surface area contributed by atoms with E-state index in [0.29, 0.717) is 5.56 Å². The SMILES string of the molecule is NNC(CCOCC(F)(F)F)c1ccc(F)c(F)c1. The minimum absolute atomic E-state index is 0.0949. The molecule has 0 radical (unpaired) electrons. The van der Waals surface area contributed by atoms with Crippen LogP contribution in [0.3, 0.4) is 0 Å². The normalized spacial score (nSPS) is 13.6. The summed E-state index contributed by atoms with van der Waals surface area (Å²) in [5.41, 5.74) is 2.64. The van der Waals surface area contributed by atoms with Crippen LogP contribution in [0.4, 0.5) is 22.0 Å². The number of alkyl halides is 3. The Morgan fingerprint density at radius 1 is 1.21 bits per heavy atom. The van der Waals surface area contributed by atoms with Gasteiger partial charge >= 0.3 is 6.18 Å². The molecule has 0 heterocycles. The second kappa shape index (κ2) is 6.78. The zero-order valence-electron chi connectivity index (χ0n) is 9.81. The molecule has 1 aromatic rings. The first-order chi connectivity index (χ1) is 8.83. The third-order valence-corrected chi connectivity index (χ3v) is 2.36. The fraction of sp³-hybridized carbons (Fsp3) is 0.455. The van der Waals surface area contributed by atoms with Crippen LogP contribution in [0.25, 0.3) is 0 Å². The Kier molecular flexibility index (Phi) is 5.64. The van der Waals surface area contributed by atoms with Crippen molar-refractivity contribution in [1.29, 1.82) is 0 Å². The standard InChI is InChI=1S/C11H13F5N2O/c12-8-2-1-7(5-9(8)13)10(18-17)3-4-19-6-11(14,15)16/h1-2,5,10,18H,3-4,6,17H2. The Balaban J connectivity index is 2.51. The summed E-state index contributed by atoms with van der Waals surface area (Å²) in [5.74, 6) is 3.16. The summed E-state index contributed by atoms with van der Waals surface area (Å²) in [7, 11) is 0. The van der Waals surface area contributed by atoms with Gasteiger partial charge in [0.2, 0.25) is 0 Å². The lowest BCUT2D eigenvalue weighted by molar-refractivity contribution is -0.174. The summed E-state index contributed by atoms with van der Waals surface area (Å²) in [4.78, 5) is 0. The molecule has 3 N–H and O–H groups in total. The van der Waals surface area contributed by atoms with Crippen LogP contribution in [0.2, 0.25) is 0 Å². The molecule has 3 nitrogen and oxygen atoms in total. The number of hydrazine groups is 1. The summed E-state index contributed by atoms with van der Waals surface area (Å²) in [6.45, 7) is -1.57. The lowest BCUT2D eigenvalue weighted by Gasteiger charge is -2.17. The molecule has 0 aliphatic heterocycles. The Morgan fingerprint density at radius 3 is 2.42 bits per heavy atom. The van der Waals surface area contributed by atoms with Crippen LogP contribution >= 0.6 is 0 Å². The van der Waals surface area contributed by atoms with Gasteiger partial charge < -0.3 is 4.74 Å². The van der Waals surface area contributed by atoms with Gasteiger partial charge in [-0.3, -0.25) is 11.3 Å². The second-order valence-corrected chi connectivity index (χ2v) is 3.85. The van der Waals surface area contributed by atoms with E-state index >= 15 is 0 Å². The first-order valence-electron chi connectivity index (χ1n) is 5.39. The van der Waals surface area contributed by atoms with E-state index in [1.54, 1.807) is 0 Å². The molecule has 8 heteroatoms. The Morgan fingerprint density at radius 2 is 1.89 bits per heavy atom. The van der Waals surface area contributed by atoms with E-state index in [-0.39, 0.29) is 13.0 Å². The number of hydrogen-bond donors (Lipinski definition) is 2. The van der Waals surface area contributed by atoms with E-state index < -0.39 is 30.5 Å². The molecule has 1 atom stereocenters. The summed E-state index contributed by atoms with van der Waals surface area (Å²) >= 11 is 0. The van der Waals surface area contributed by atoms with Crippen LogP contribution in [-0.4, -0.2) is 19.4 Å². The topological polar surface area (TPSA) is 47.3 Å². The molecule has 0 bridgehead atoms. The lowest BCUT2D eigenvalue weighted by atomic mass is 10.0. The molecule has 0 amide bonds. The predicted molar refractivity (Wildman–Crippen MR) is 57.9 cm³/mol. The number of nitrogens with two attached hydrogens (primary N) is 1. The van der Waals surface area contributed by atoms with E-state index in [9.17, 15) is 22.0 Å².